The molecule has 3 N–H and O–H groups in total. The van der Waals surface area contributed by atoms with Crippen molar-refractivity contribution in [2.75, 3.05) is 26.1 Å². The number of rotatable bonds is 7. The second-order valence-corrected chi connectivity index (χ2v) is 6.58. The Morgan fingerprint density at radius 3 is 2.43 bits per heavy atom. The predicted octanol–water partition coefficient (Wildman–Crippen LogP) is 2.75. The molecule has 0 atom stereocenters. The number of fused-ring (bicyclic) bond motifs is 1. The number of carbonyl (C=O) groups is 1. The van der Waals surface area contributed by atoms with Gasteiger partial charge >= 0.3 is 0 Å². The molecule has 2 aromatic rings. The minimum atomic E-state index is 0.151. The molecule has 0 aliphatic carbocycles. The number of ether oxygens (including phenoxy) is 2. The molecule has 28 heavy (non-hydrogen) atoms. The Morgan fingerprint density at radius 2 is 1.79 bits per heavy atom. The zero-order chi connectivity index (χ0) is 19.9. The third-order valence-electron chi connectivity index (χ3n) is 4.68. The Morgan fingerprint density at radius 1 is 1.11 bits per heavy atom. The maximum atomic E-state index is 12.4. The third kappa shape index (κ3) is 4.73. The van der Waals surface area contributed by atoms with Crippen LogP contribution in [0.25, 0.3) is 0 Å². The highest BCUT2D eigenvalue weighted by molar-refractivity contribution is 5.92. The average molecular weight is 382 g/mol. The van der Waals surface area contributed by atoms with E-state index in [-0.39, 0.29) is 5.91 Å². The van der Waals surface area contributed by atoms with Crippen LogP contribution < -0.4 is 20.5 Å². The van der Waals surface area contributed by atoms with Crippen molar-refractivity contribution < 1.29 is 14.3 Å². The largest absolute Gasteiger partial charge is 0.493 e. The van der Waals surface area contributed by atoms with Crippen LogP contribution in [0.1, 0.15) is 24.0 Å². The summed E-state index contributed by atoms with van der Waals surface area (Å²) in [6.07, 6.45) is 1.11. The van der Waals surface area contributed by atoms with Gasteiger partial charge in [0, 0.05) is 37.8 Å². The van der Waals surface area contributed by atoms with Gasteiger partial charge in [-0.1, -0.05) is 24.3 Å². The molecule has 0 saturated heterocycles. The molecule has 0 aromatic heterocycles. The second-order valence-electron chi connectivity index (χ2n) is 6.58. The Hall–Kier alpha value is -3.22. The summed E-state index contributed by atoms with van der Waals surface area (Å²) >= 11 is 0. The lowest BCUT2D eigenvalue weighted by atomic mass is 10.1. The van der Waals surface area contributed by atoms with Gasteiger partial charge in [0.15, 0.2) is 17.5 Å². The van der Waals surface area contributed by atoms with E-state index in [1.54, 1.807) is 26.4 Å². The summed E-state index contributed by atoms with van der Waals surface area (Å²) in [4.78, 5) is 18.6. The Kier molecular flexibility index (Phi) is 6.37. The van der Waals surface area contributed by atoms with Gasteiger partial charge < -0.3 is 25.4 Å². The SMILES string of the molecule is COc1ccc(NC(N)=NCCCC(=O)N2Cc3ccccc3C2)cc1OC. The first-order valence-electron chi connectivity index (χ1n) is 9.24. The standard InChI is InChI=1S/C21H26N4O3/c1-27-18-10-9-17(12-19(18)28-2)24-21(22)23-11-5-8-20(26)25-13-15-6-3-4-7-16(15)14-25/h3-4,6-7,9-10,12H,5,8,11,13-14H2,1-2H3,(H3,22,23,24). The minimum Gasteiger partial charge on any atom is -0.493 e. The number of carbonyl (C=O) groups excluding carboxylic acids is 1. The highest BCUT2D eigenvalue weighted by Crippen LogP contribution is 2.29. The minimum absolute atomic E-state index is 0.151. The van der Waals surface area contributed by atoms with E-state index in [0.717, 1.165) is 5.69 Å². The van der Waals surface area contributed by atoms with Crippen molar-refractivity contribution in [1.29, 1.82) is 0 Å². The summed E-state index contributed by atoms with van der Waals surface area (Å²) in [5.41, 5.74) is 9.16. The van der Waals surface area contributed by atoms with E-state index in [2.05, 4.69) is 22.4 Å². The monoisotopic (exact) mass is 382 g/mol. The van der Waals surface area contributed by atoms with Crippen LogP contribution in [0.4, 0.5) is 5.69 Å². The molecule has 3 rings (SSSR count). The fourth-order valence-corrected chi connectivity index (χ4v) is 3.20. The van der Waals surface area contributed by atoms with Crippen molar-refractivity contribution in [3.8, 4) is 11.5 Å². The van der Waals surface area contributed by atoms with Gasteiger partial charge in [-0.15, -0.1) is 0 Å². The van der Waals surface area contributed by atoms with Crippen molar-refractivity contribution in [2.24, 2.45) is 10.7 Å². The van der Waals surface area contributed by atoms with E-state index in [1.165, 1.54) is 11.1 Å². The molecular formula is C21H26N4O3. The van der Waals surface area contributed by atoms with Crippen LogP contribution in [-0.4, -0.2) is 37.5 Å². The summed E-state index contributed by atoms with van der Waals surface area (Å²) in [6.45, 7) is 1.88. The summed E-state index contributed by atoms with van der Waals surface area (Å²) in [5, 5.41) is 3.02. The van der Waals surface area contributed by atoms with Crippen LogP contribution in [0.2, 0.25) is 0 Å². The smallest absolute Gasteiger partial charge is 0.223 e. The van der Waals surface area contributed by atoms with E-state index in [1.807, 2.05) is 23.1 Å². The van der Waals surface area contributed by atoms with Crippen molar-refractivity contribution in [2.45, 2.75) is 25.9 Å². The Balaban J connectivity index is 1.44. The first kappa shape index (κ1) is 19.5. The first-order valence-corrected chi connectivity index (χ1v) is 9.24. The van der Waals surface area contributed by atoms with Crippen molar-refractivity contribution in [1.82, 2.24) is 4.90 Å². The third-order valence-corrected chi connectivity index (χ3v) is 4.68. The van der Waals surface area contributed by atoms with Gasteiger partial charge in [0.05, 0.1) is 14.2 Å². The molecule has 0 saturated carbocycles. The zero-order valence-corrected chi connectivity index (χ0v) is 16.3. The summed E-state index contributed by atoms with van der Waals surface area (Å²) < 4.78 is 10.5. The first-order chi connectivity index (χ1) is 13.6. The van der Waals surface area contributed by atoms with Gasteiger partial charge in [-0.3, -0.25) is 9.79 Å². The number of nitrogens with zero attached hydrogens (tertiary/aromatic N) is 2. The normalized spacial score (nSPS) is 13.2. The van der Waals surface area contributed by atoms with Crippen LogP contribution in [0, 0.1) is 0 Å². The van der Waals surface area contributed by atoms with Gasteiger partial charge in [0.25, 0.3) is 0 Å². The van der Waals surface area contributed by atoms with Crippen LogP contribution in [0.3, 0.4) is 0 Å². The topological polar surface area (TPSA) is 89.2 Å². The van der Waals surface area contributed by atoms with E-state index >= 15 is 0 Å². The molecule has 1 aliphatic rings. The Labute approximate surface area is 165 Å². The Bertz CT molecular complexity index is 841. The number of anilines is 1. The average Bonchev–Trinajstić information content (AvgIpc) is 3.15. The van der Waals surface area contributed by atoms with Crippen LogP contribution in [0.5, 0.6) is 11.5 Å². The fourth-order valence-electron chi connectivity index (χ4n) is 3.20. The predicted molar refractivity (Wildman–Crippen MR) is 110 cm³/mol. The molecule has 148 valence electrons. The molecule has 0 radical (unpaired) electrons. The van der Waals surface area contributed by atoms with Crippen LogP contribution >= 0.6 is 0 Å². The summed E-state index contributed by atoms with van der Waals surface area (Å²) in [7, 11) is 3.16. The number of nitrogens with two attached hydrogens (primary N) is 1. The zero-order valence-electron chi connectivity index (χ0n) is 16.3. The lowest BCUT2D eigenvalue weighted by Gasteiger charge is -2.15. The second kappa shape index (κ2) is 9.12. The molecule has 1 aliphatic heterocycles. The van der Waals surface area contributed by atoms with E-state index < -0.39 is 0 Å². The number of nitrogens with one attached hydrogen (secondary N) is 1. The number of methoxy groups -OCH3 is 2. The number of aliphatic imine (C=N–C) groups is 1. The van der Waals surface area contributed by atoms with Gasteiger partial charge in [0.1, 0.15) is 0 Å². The summed E-state index contributed by atoms with van der Waals surface area (Å²) in [6, 6.07) is 13.6. The molecule has 0 spiro atoms. The van der Waals surface area contributed by atoms with Gasteiger partial charge in [-0.2, -0.15) is 0 Å². The number of guanidine groups is 1. The van der Waals surface area contributed by atoms with E-state index in [9.17, 15) is 4.79 Å². The maximum absolute atomic E-state index is 12.4. The van der Waals surface area contributed by atoms with Crippen molar-refractivity contribution in [3.05, 3.63) is 53.6 Å². The number of hydrogen-bond donors (Lipinski definition) is 2. The molecule has 0 bridgehead atoms. The molecule has 2 aromatic carbocycles. The molecule has 7 heteroatoms. The van der Waals surface area contributed by atoms with Crippen molar-refractivity contribution in [3.63, 3.8) is 0 Å². The van der Waals surface area contributed by atoms with Crippen LogP contribution in [-0.2, 0) is 17.9 Å². The fraction of sp³-hybridized carbons (Fsp3) is 0.333. The molecule has 1 amide bonds. The highest BCUT2D eigenvalue weighted by atomic mass is 16.5. The lowest BCUT2D eigenvalue weighted by Crippen LogP contribution is -2.25. The molecule has 0 unspecified atom stereocenters. The maximum Gasteiger partial charge on any atom is 0.223 e. The van der Waals surface area contributed by atoms with Gasteiger partial charge in [0.2, 0.25) is 5.91 Å². The molecule has 7 nitrogen and oxygen atoms in total. The van der Waals surface area contributed by atoms with Gasteiger partial charge in [-0.05, 0) is 29.7 Å². The summed E-state index contributed by atoms with van der Waals surface area (Å²) in [5.74, 6) is 1.70. The number of hydrogen-bond acceptors (Lipinski definition) is 4. The van der Waals surface area contributed by atoms with Crippen LogP contribution in [0.15, 0.2) is 47.5 Å². The van der Waals surface area contributed by atoms with Crippen molar-refractivity contribution >= 4 is 17.6 Å². The number of amides is 1. The van der Waals surface area contributed by atoms with Gasteiger partial charge in [-0.25, -0.2) is 0 Å². The van der Waals surface area contributed by atoms with E-state index in [0.29, 0.717) is 49.9 Å². The quantitative estimate of drug-likeness (QED) is 0.437. The molecular weight excluding hydrogens is 356 g/mol. The number of benzene rings is 2. The molecule has 0 fully saturated rings. The van der Waals surface area contributed by atoms with E-state index in [4.69, 9.17) is 15.2 Å². The lowest BCUT2D eigenvalue weighted by molar-refractivity contribution is -0.131. The highest BCUT2D eigenvalue weighted by Gasteiger charge is 2.22. The molecule has 1 heterocycles.